The standard InChI is InChI=1S/C10H10BrN.C5H10O2/c11-5-3-8-1-2-10-9(7-8)4-6-12-10;1-5(2,3)7-4-6/h1-2,4,6-7,12H,3,5H2;4H,1-3H3. The van der Waals surface area contributed by atoms with Gasteiger partial charge in [0.2, 0.25) is 0 Å². The van der Waals surface area contributed by atoms with E-state index in [4.69, 9.17) is 0 Å². The fourth-order valence-corrected chi connectivity index (χ4v) is 1.97. The summed E-state index contributed by atoms with van der Waals surface area (Å²) in [6.45, 7) is 5.92. The van der Waals surface area contributed by atoms with Crippen LogP contribution in [0, 0.1) is 0 Å². The molecule has 3 nitrogen and oxygen atoms in total. The Morgan fingerprint density at radius 2 is 2.05 bits per heavy atom. The molecule has 0 aliphatic carbocycles. The van der Waals surface area contributed by atoms with E-state index in [-0.39, 0.29) is 5.60 Å². The fourth-order valence-electron chi connectivity index (χ4n) is 1.51. The number of carbonyl (C=O) groups is 1. The molecule has 0 aliphatic rings. The number of aryl methyl sites for hydroxylation is 1. The lowest BCUT2D eigenvalue weighted by atomic mass is 10.1. The number of fused-ring (bicyclic) bond motifs is 1. The first kappa shape index (κ1) is 15.8. The molecule has 2 rings (SSSR count). The van der Waals surface area contributed by atoms with Crippen molar-refractivity contribution >= 4 is 33.3 Å². The maximum absolute atomic E-state index is 9.60. The van der Waals surface area contributed by atoms with Gasteiger partial charge in [0.25, 0.3) is 6.47 Å². The Hall–Kier alpha value is -1.29. The normalized spacial score (nSPS) is 10.7. The largest absolute Gasteiger partial charge is 0.462 e. The van der Waals surface area contributed by atoms with Crippen LogP contribution in [0.2, 0.25) is 0 Å². The number of benzene rings is 1. The van der Waals surface area contributed by atoms with E-state index in [2.05, 4.69) is 49.9 Å². The van der Waals surface area contributed by atoms with Gasteiger partial charge in [-0.25, -0.2) is 0 Å². The van der Waals surface area contributed by atoms with E-state index in [9.17, 15) is 4.79 Å². The second kappa shape index (κ2) is 7.34. The topological polar surface area (TPSA) is 42.1 Å². The maximum atomic E-state index is 9.60. The number of aromatic nitrogens is 1. The number of carbonyl (C=O) groups excluding carboxylic acids is 1. The Labute approximate surface area is 122 Å². The van der Waals surface area contributed by atoms with E-state index < -0.39 is 0 Å². The number of halogens is 1. The molecule has 0 bridgehead atoms. The minimum Gasteiger partial charge on any atom is -0.462 e. The van der Waals surface area contributed by atoms with Crippen LogP contribution >= 0.6 is 15.9 Å². The number of hydrogen-bond donors (Lipinski definition) is 1. The second-order valence-corrected chi connectivity index (χ2v) is 5.96. The molecule has 0 spiro atoms. The van der Waals surface area contributed by atoms with Crippen LogP contribution in [0.4, 0.5) is 0 Å². The van der Waals surface area contributed by atoms with Crippen molar-refractivity contribution in [3.63, 3.8) is 0 Å². The molecule has 1 aromatic heterocycles. The Balaban J connectivity index is 0.000000224. The minimum absolute atomic E-state index is 0.318. The van der Waals surface area contributed by atoms with E-state index >= 15 is 0 Å². The molecule has 0 unspecified atom stereocenters. The quantitative estimate of drug-likeness (QED) is 0.683. The van der Waals surface area contributed by atoms with Crippen LogP contribution in [-0.2, 0) is 16.0 Å². The molecule has 0 saturated heterocycles. The van der Waals surface area contributed by atoms with Crippen LogP contribution in [0.5, 0.6) is 0 Å². The van der Waals surface area contributed by atoms with Crippen molar-refractivity contribution < 1.29 is 9.53 Å². The van der Waals surface area contributed by atoms with Crippen molar-refractivity contribution in [2.75, 3.05) is 5.33 Å². The molecule has 0 atom stereocenters. The average Bonchev–Trinajstić information content (AvgIpc) is 2.76. The molecule has 1 heterocycles. The van der Waals surface area contributed by atoms with Gasteiger partial charge in [-0.05, 0) is 56.3 Å². The summed E-state index contributed by atoms with van der Waals surface area (Å²) >= 11 is 3.43. The van der Waals surface area contributed by atoms with Gasteiger partial charge >= 0.3 is 0 Å². The SMILES string of the molecule is BrCCc1ccc2[nH]ccc2c1.CC(C)(C)OC=O. The van der Waals surface area contributed by atoms with Crippen LogP contribution in [0.3, 0.4) is 0 Å². The van der Waals surface area contributed by atoms with E-state index in [1.807, 2.05) is 27.0 Å². The third-order valence-electron chi connectivity index (χ3n) is 2.40. The molecule has 19 heavy (non-hydrogen) atoms. The molecule has 104 valence electrons. The lowest BCUT2D eigenvalue weighted by Crippen LogP contribution is -2.17. The van der Waals surface area contributed by atoms with Crippen molar-refractivity contribution in [2.24, 2.45) is 0 Å². The van der Waals surface area contributed by atoms with Crippen molar-refractivity contribution in [3.8, 4) is 0 Å². The third-order valence-corrected chi connectivity index (χ3v) is 2.80. The number of rotatable bonds is 3. The van der Waals surface area contributed by atoms with Crippen LogP contribution in [0.15, 0.2) is 30.5 Å². The number of alkyl halides is 1. The van der Waals surface area contributed by atoms with Crippen molar-refractivity contribution in [1.29, 1.82) is 0 Å². The third kappa shape index (κ3) is 5.92. The lowest BCUT2D eigenvalue weighted by Gasteiger charge is -2.14. The predicted molar refractivity (Wildman–Crippen MR) is 82.7 cm³/mol. The van der Waals surface area contributed by atoms with Crippen LogP contribution in [0.25, 0.3) is 10.9 Å². The predicted octanol–water partition coefficient (Wildman–Crippen LogP) is 4.06. The smallest absolute Gasteiger partial charge is 0.293 e. The molecule has 0 saturated carbocycles. The van der Waals surface area contributed by atoms with E-state index in [1.165, 1.54) is 16.5 Å². The van der Waals surface area contributed by atoms with Gasteiger partial charge in [-0.2, -0.15) is 0 Å². The van der Waals surface area contributed by atoms with Gasteiger partial charge in [0.1, 0.15) is 5.60 Å². The Morgan fingerprint density at radius 1 is 1.32 bits per heavy atom. The van der Waals surface area contributed by atoms with Gasteiger partial charge in [-0.3, -0.25) is 4.79 Å². The zero-order valence-electron chi connectivity index (χ0n) is 11.6. The Kier molecular flexibility index (Phi) is 6.09. The van der Waals surface area contributed by atoms with Gasteiger partial charge in [-0.15, -0.1) is 0 Å². The summed E-state index contributed by atoms with van der Waals surface area (Å²) in [4.78, 5) is 12.8. The van der Waals surface area contributed by atoms with E-state index in [1.54, 1.807) is 0 Å². The number of ether oxygens (including phenoxy) is 1. The minimum atomic E-state index is -0.318. The highest BCUT2D eigenvalue weighted by Gasteiger charge is 2.07. The second-order valence-electron chi connectivity index (χ2n) is 5.16. The van der Waals surface area contributed by atoms with Crippen molar-refractivity contribution in [3.05, 3.63) is 36.0 Å². The first-order valence-corrected chi connectivity index (χ1v) is 7.32. The zero-order chi connectivity index (χ0) is 14.3. The van der Waals surface area contributed by atoms with Crippen molar-refractivity contribution in [1.82, 2.24) is 4.98 Å². The summed E-state index contributed by atoms with van der Waals surface area (Å²) < 4.78 is 4.55. The zero-order valence-corrected chi connectivity index (χ0v) is 13.2. The fraction of sp³-hybridized carbons (Fsp3) is 0.400. The number of nitrogens with one attached hydrogen (secondary N) is 1. The van der Waals surface area contributed by atoms with E-state index in [0.29, 0.717) is 6.47 Å². The first-order chi connectivity index (χ1) is 8.96. The van der Waals surface area contributed by atoms with Crippen LogP contribution < -0.4 is 0 Å². The maximum Gasteiger partial charge on any atom is 0.293 e. The molecular weight excluding hydrogens is 306 g/mol. The number of hydrogen-bond acceptors (Lipinski definition) is 2. The Morgan fingerprint density at radius 3 is 2.58 bits per heavy atom. The van der Waals surface area contributed by atoms with Crippen molar-refractivity contribution in [2.45, 2.75) is 32.8 Å². The summed E-state index contributed by atoms with van der Waals surface area (Å²) in [5.41, 5.74) is 2.29. The molecule has 0 aliphatic heterocycles. The van der Waals surface area contributed by atoms with Crippen LogP contribution in [-0.4, -0.2) is 22.4 Å². The molecule has 2 aromatic rings. The summed E-state index contributed by atoms with van der Waals surface area (Å²) in [5, 5.41) is 2.33. The summed E-state index contributed by atoms with van der Waals surface area (Å²) in [5.74, 6) is 0. The summed E-state index contributed by atoms with van der Waals surface area (Å²) in [6.07, 6.45) is 3.07. The molecular formula is C15H20BrNO2. The monoisotopic (exact) mass is 325 g/mol. The lowest BCUT2D eigenvalue weighted by molar-refractivity contribution is -0.138. The molecule has 0 amide bonds. The number of aromatic amines is 1. The van der Waals surface area contributed by atoms with Crippen LogP contribution in [0.1, 0.15) is 26.3 Å². The highest BCUT2D eigenvalue weighted by Crippen LogP contribution is 2.14. The Bertz CT molecular complexity index is 514. The summed E-state index contributed by atoms with van der Waals surface area (Å²) in [7, 11) is 0. The summed E-state index contributed by atoms with van der Waals surface area (Å²) in [6, 6.07) is 8.63. The number of H-pyrrole nitrogens is 1. The average molecular weight is 326 g/mol. The first-order valence-electron chi connectivity index (χ1n) is 6.20. The molecule has 1 aromatic carbocycles. The van der Waals surface area contributed by atoms with Gasteiger partial charge < -0.3 is 9.72 Å². The molecule has 0 fully saturated rings. The van der Waals surface area contributed by atoms with Gasteiger partial charge in [-0.1, -0.05) is 22.0 Å². The highest BCUT2D eigenvalue weighted by molar-refractivity contribution is 9.09. The van der Waals surface area contributed by atoms with E-state index in [0.717, 1.165) is 11.8 Å². The van der Waals surface area contributed by atoms with Gasteiger partial charge in [0.05, 0.1) is 0 Å². The highest BCUT2D eigenvalue weighted by atomic mass is 79.9. The molecule has 1 N–H and O–H groups in total. The molecule has 4 heteroatoms. The van der Waals surface area contributed by atoms with Gasteiger partial charge in [0.15, 0.2) is 0 Å². The molecule has 0 radical (unpaired) electrons. The van der Waals surface area contributed by atoms with Gasteiger partial charge in [0, 0.05) is 17.0 Å².